The maximum atomic E-state index is 13.5. The van der Waals surface area contributed by atoms with Crippen LogP contribution in [0.5, 0.6) is 0 Å². The van der Waals surface area contributed by atoms with Crippen molar-refractivity contribution in [2.45, 2.75) is 6.42 Å². The van der Waals surface area contributed by atoms with E-state index in [1.165, 1.54) is 30.3 Å². The first-order chi connectivity index (χ1) is 12.1. The highest BCUT2D eigenvalue weighted by molar-refractivity contribution is 14.0. The topological polar surface area (TPSA) is 65.5 Å². The predicted molar refractivity (Wildman–Crippen MR) is 110 cm³/mol. The first-order valence-corrected chi connectivity index (χ1v) is 7.82. The number of hydrogen-bond donors (Lipinski definition) is 3. The van der Waals surface area contributed by atoms with E-state index in [-0.39, 0.29) is 48.1 Å². The number of nitrogens with zero attached hydrogens (tertiary/aromatic N) is 1. The molecule has 3 N–H and O–H groups in total. The van der Waals surface area contributed by atoms with E-state index in [1.54, 1.807) is 25.2 Å². The highest BCUT2D eigenvalue weighted by Gasteiger charge is 2.05. The fourth-order valence-corrected chi connectivity index (χ4v) is 2.14. The molecule has 140 valence electrons. The molecule has 0 unspecified atom stereocenters. The molecule has 0 fully saturated rings. The number of benzene rings is 2. The predicted octanol–water partition coefficient (Wildman–Crippen LogP) is 2.93. The molecule has 0 heterocycles. The fraction of sp³-hybridized carbons (Fsp3) is 0.222. The van der Waals surface area contributed by atoms with Crippen LogP contribution >= 0.6 is 24.0 Å². The zero-order valence-electron chi connectivity index (χ0n) is 14.3. The summed E-state index contributed by atoms with van der Waals surface area (Å²) in [7, 11) is 1.58. The summed E-state index contributed by atoms with van der Waals surface area (Å²) >= 11 is 0. The molecule has 0 saturated heterocycles. The number of nitrogens with one attached hydrogen (secondary N) is 3. The van der Waals surface area contributed by atoms with Crippen molar-refractivity contribution in [1.82, 2.24) is 10.6 Å². The summed E-state index contributed by atoms with van der Waals surface area (Å²) in [6, 6.07) is 12.1. The van der Waals surface area contributed by atoms with Gasteiger partial charge in [-0.05, 0) is 42.3 Å². The van der Waals surface area contributed by atoms with Crippen molar-refractivity contribution in [3.05, 3.63) is 65.7 Å². The molecule has 5 nitrogen and oxygen atoms in total. The number of rotatable bonds is 6. The van der Waals surface area contributed by atoms with Crippen LogP contribution in [0.4, 0.5) is 14.5 Å². The number of anilines is 1. The van der Waals surface area contributed by atoms with E-state index < -0.39 is 0 Å². The molecule has 0 aromatic heterocycles. The Morgan fingerprint density at radius 1 is 1.04 bits per heavy atom. The fourth-order valence-electron chi connectivity index (χ4n) is 2.14. The molecule has 0 aliphatic rings. The largest absolute Gasteiger partial charge is 0.356 e. The molecule has 0 saturated carbocycles. The second-order valence-corrected chi connectivity index (χ2v) is 5.25. The molecule has 2 rings (SSSR count). The normalized spacial score (nSPS) is 10.7. The highest BCUT2D eigenvalue weighted by Crippen LogP contribution is 2.08. The zero-order valence-corrected chi connectivity index (χ0v) is 16.6. The SMILES string of the molecule is CN=C(NCCc1ccccc1F)NCC(=O)Nc1ccc(F)cc1.I. The molecule has 2 aromatic carbocycles. The van der Waals surface area contributed by atoms with Crippen LogP contribution in [-0.2, 0) is 11.2 Å². The minimum atomic E-state index is -0.365. The van der Waals surface area contributed by atoms with Gasteiger partial charge in [-0.3, -0.25) is 9.79 Å². The average molecular weight is 474 g/mol. The van der Waals surface area contributed by atoms with Crippen molar-refractivity contribution in [3.63, 3.8) is 0 Å². The summed E-state index contributed by atoms with van der Waals surface area (Å²) in [5, 5.41) is 8.51. The number of guanidine groups is 1. The zero-order chi connectivity index (χ0) is 18.1. The van der Waals surface area contributed by atoms with Gasteiger partial charge < -0.3 is 16.0 Å². The number of halogens is 3. The molecule has 1 amide bonds. The molecule has 2 aromatic rings. The van der Waals surface area contributed by atoms with Crippen LogP contribution in [-0.4, -0.2) is 32.0 Å². The summed E-state index contributed by atoms with van der Waals surface area (Å²) < 4.78 is 26.3. The van der Waals surface area contributed by atoms with Gasteiger partial charge in [0.15, 0.2) is 5.96 Å². The van der Waals surface area contributed by atoms with Crippen molar-refractivity contribution in [3.8, 4) is 0 Å². The molecule has 0 aliphatic heterocycles. The number of hydrogen-bond acceptors (Lipinski definition) is 2. The lowest BCUT2D eigenvalue weighted by Crippen LogP contribution is -2.42. The van der Waals surface area contributed by atoms with E-state index in [0.29, 0.717) is 30.2 Å². The van der Waals surface area contributed by atoms with E-state index >= 15 is 0 Å². The summed E-state index contributed by atoms with van der Waals surface area (Å²) in [5.74, 6) is -0.462. The van der Waals surface area contributed by atoms with Gasteiger partial charge in [0.05, 0.1) is 6.54 Å². The van der Waals surface area contributed by atoms with Crippen molar-refractivity contribution in [1.29, 1.82) is 0 Å². The van der Waals surface area contributed by atoms with Crippen LogP contribution in [0.2, 0.25) is 0 Å². The third kappa shape index (κ3) is 7.34. The van der Waals surface area contributed by atoms with Crippen LogP contribution < -0.4 is 16.0 Å². The maximum absolute atomic E-state index is 13.5. The molecule has 0 bridgehead atoms. The third-order valence-electron chi connectivity index (χ3n) is 3.41. The molecule has 0 spiro atoms. The van der Waals surface area contributed by atoms with Gasteiger partial charge in [0.1, 0.15) is 11.6 Å². The Morgan fingerprint density at radius 3 is 2.38 bits per heavy atom. The lowest BCUT2D eigenvalue weighted by molar-refractivity contribution is -0.115. The summed E-state index contributed by atoms with van der Waals surface area (Å²) in [4.78, 5) is 15.9. The first kappa shape index (κ1) is 21.8. The highest BCUT2D eigenvalue weighted by atomic mass is 127. The number of carbonyl (C=O) groups excluding carboxylic acids is 1. The summed E-state index contributed by atoms with van der Waals surface area (Å²) in [5.41, 5.74) is 1.12. The van der Waals surface area contributed by atoms with Crippen molar-refractivity contribution < 1.29 is 13.6 Å². The van der Waals surface area contributed by atoms with Gasteiger partial charge in [0, 0.05) is 19.3 Å². The van der Waals surface area contributed by atoms with Gasteiger partial charge in [-0.1, -0.05) is 18.2 Å². The molecule has 8 heteroatoms. The van der Waals surface area contributed by atoms with Gasteiger partial charge >= 0.3 is 0 Å². The van der Waals surface area contributed by atoms with Crippen LogP contribution in [0.25, 0.3) is 0 Å². The Hall–Kier alpha value is -2.23. The molecule has 0 aliphatic carbocycles. The van der Waals surface area contributed by atoms with Crippen LogP contribution in [0.1, 0.15) is 5.56 Å². The van der Waals surface area contributed by atoms with Crippen molar-refractivity contribution in [2.24, 2.45) is 4.99 Å². The van der Waals surface area contributed by atoms with Gasteiger partial charge in [-0.2, -0.15) is 0 Å². The van der Waals surface area contributed by atoms with E-state index in [1.807, 2.05) is 0 Å². The Labute approximate surface area is 168 Å². The van der Waals surface area contributed by atoms with E-state index in [0.717, 1.165) is 0 Å². The minimum Gasteiger partial charge on any atom is -0.356 e. The van der Waals surface area contributed by atoms with Crippen molar-refractivity contribution in [2.75, 3.05) is 25.5 Å². The van der Waals surface area contributed by atoms with Gasteiger partial charge in [0.2, 0.25) is 5.91 Å². The molecule has 0 radical (unpaired) electrons. The minimum absolute atomic E-state index is 0. The number of carbonyl (C=O) groups is 1. The van der Waals surface area contributed by atoms with Crippen LogP contribution in [0.15, 0.2) is 53.5 Å². The van der Waals surface area contributed by atoms with Gasteiger partial charge in [-0.15, -0.1) is 24.0 Å². The maximum Gasteiger partial charge on any atom is 0.243 e. The van der Waals surface area contributed by atoms with E-state index in [4.69, 9.17) is 0 Å². The lowest BCUT2D eigenvalue weighted by Gasteiger charge is -2.12. The molecular weight excluding hydrogens is 453 g/mol. The van der Waals surface area contributed by atoms with Crippen LogP contribution in [0, 0.1) is 11.6 Å². The third-order valence-corrected chi connectivity index (χ3v) is 3.41. The van der Waals surface area contributed by atoms with E-state index in [2.05, 4.69) is 20.9 Å². The number of amides is 1. The lowest BCUT2D eigenvalue weighted by atomic mass is 10.1. The molecular formula is C18H21F2IN4O. The monoisotopic (exact) mass is 474 g/mol. The standard InChI is InChI=1S/C18H20F2N4O.HI/c1-21-18(22-11-10-13-4-2-3-5-16(13)20)23-12-17(25)24-15-8-6-14(19)7-9-15;/h2-9H,10-12H2,1H3,(H,24,25)(H2,21,22,23);1H. The Morgan fingerprint density at radius 2 is 1.73 bits per heavy atom. The Balaban J connectivity index is 0.00000338. The Kier molecular flexibility index (Phi) is 9.56. The molecule has 0 atom stereocenters. The van der Waals surface area contributed by atoms with Gasteiger partial charge in [-0.25, -0.2) is 8.78 Å². The first-order valence-electron chi connectivity index (χ1n) is 7.82. The summed E-state index contributed by atoms with van der Waals surface area (Å²) in [6.07, 6.45) is 0.495. The average Bonchev–Trinajstić information content (AvgIpc) is 2.61. The van der Waals surface area contributed by atoms with Crippen LogP contribution in [0.3, 0.4) is 0 Å². The van der Waals surface area contributed by atoms with Gasteiger partial charge in [0.25, 0.3) is 0 Å². The smallest absolute Gasteiger partial charge is 0.243 e. The second-order valence-electron chi connectivity index (χ2n) is 5.25. The molecule has 26 heavy (non-hydrogen) atoms. The quantitative estimate of drug-likeness (QED) is 0.343. The summed E-state index contributed by atoms with van der Waals surface area (Å²) in [6.45, 7) is 0.469. The second kappa shape index (κ2) is 11.4. The van der Waals surface area contributed by atoms with Crippen molar-refractivity contribution >= 4 is 41.5 Å². The Bertz CT molecular complexity index is 738. The number of aliphatic imine (C=N–C) groups is 1. The van der Waals surface area contributed by atoms with E-state index in [9.17, 15) is 13.6 Å².